The lowest BCUT2D eigenvalue weighted by molar-refractivity contribution is -0.122. The third kappa shape index (κ3) is 4.91. The van der Waals surface area contributed by atoms with Crippen molar-refractivity contribution in [3.63, 3.8) is 0 Å². The van der Waals surface area contributed by atoms with Crippen LogP contribution >= 0.6 is 0 Å². The highest BCUT2D eigenvalue weighted by atomic mass is 32.2. The molecule has 206 valence electrons. The summed E-state index contributed by atoms with van der Waals surface area (Å²) in [5.41, 5.74) is 2.13. The van der Waals surface area contributed by atoms with Gasteiger partial charge in [-0.1, -0.05) is 42.5 Å². The lowest BCUT2D eigenvalue weighted by Crippen LogP contribution is -2.38. The van der Waals surface area contributed by atoms with Crippen LogP contribution < -0.4 is 15.2 Å². The Balaban J connectivity index is 1.32. The van der Waals surface area contributed by atoms with Gasteiger partial charge in [-0.3, -0.25) is 19.0 Å². The number of hydrogen-bond acceptors (Lipinski definition) is 6. The average Bonchev–Trinajstić information content (AvgIpc) is 3.39. The van der Waals surface area contributed by atoms with Gasteiger partial charge in [0.15, 0.2) is 6.61 Å². The number of esters is 1. The van der Waals surface area contributed by atoms with Crippen LogP contribution in [-0.2, 0) is 33.0 Å². The van der Waals surface area contributed by atoms with Crippen molar-refractivity contribution in [3.8, 4) is 5.69 Å². The highest BCUT2D eigenvalue weighted by Crippen LogP contribution is 2.31. The Morgan fingerprint density at radius 3 is 2.45 bits per heavy atom. The first kappa shape index (κ1) is 26.9. The van der Waals surface area contributed by atoms with E-state index in [0.717, 1.165) is 17.3 Å². The number of para-hydroxylation sites is 2. The summed E-state index contributed by atoms with van der Waals surface area (Å²) in [7, 11) is -2.59. The van der Waals surface area contributed by atoms with Crippen molar-refractivity contribution in [2.24, 2.45) is 7.05 Å². The molecule has 40 heavy (non-hydrogen) atoms. The smallest absolute Gasteiger partial charge is 0.338 e. The fraction of sp³-hybridized carbons (Fsp3) is 0.207. The van der Waals surface area contributed by atoms with Crippen molar-refractivity contribution in [2.75, 3.05) is 16.2 Å². The van der Waals surface area contributed by atoms with Crippen molar-refractivity contribution in [3.05, 3.63) is 106 Å². The normalized spacial score (nSPS) is 14.6. The molecule has 1 atom stereocenters. The number of nitrogens with zero attached hydrogens (tertiary/aromatic N) is 3. The number of anilines is 2. The van der Waals surface area contributed by atoms with Gasteiger partial charge < -0.3 is 9.64 Å². The summed E-state index contributed by atoms with van der Waals surface area (Å²) >= 11 is 0. The van der Waals surface area contributed by atoms with Gasteiger partial charge in [0.05, 0.1) is 21.8 Å². The zero-order valence-electron chi connectivity index (χ0n) is 22.2. The Bertz CT molecular complexity index is 1780. The summed E-state index contributed by atoms with van der Waals surface area (Å²) < 4.78 is 37.0. The summed E-state index contributed by atoms with van der Waals surface area (Å²) in [6.07, 6.45) is 0.708. The first-order valence-electron chi connectivity index (χ1n) is 12.6. The molecule has 10 nitrogen and oxygen atoms in total. The van der Waals surface area contributed by atoms with E-state index in [-0.39, 0.29) is 28.1 Å². The molecule has 1 aromatic heterocycles. The van der Waals surface area contributed by atoms with Crippen LogP contribution in [0.25, 0.3) is 5.69 Å². The molecule has 0 saturated carbocycles. The number of amides is 1. The van der Waals surface area contributed by atoms with E-state index in [9.17, 15) is 22.8 Å². The minimum Gasteiger partial charge on any atom is -0.452 e. The molecule has 3 aromatic carbocycles. The number of nitrogens with one attached hydrogen (secondary N) is 1. The van der Waals surface area contributed by atoms with Crippen LogP contribution in [0.2, 0.25) is 0 Å². The van der Waals surface area contributed by atoms with Gasteiger partial charge in [-0.2, -0.15) is 0 Å². The maximum Gasteiger partial charge on any atom is 0.338 e. The van der Waals surface area contributed by atoms with Crippen molar-refractivity contribution >= 4 is 33.3 Å². The number of carbonyl (C=O) groups excluding carboxylic acids is 2. The lowest BCUT2D eigenvalue weighted by Gasteiger charge is -2.22. The fourth-order valence-electron chi connectivity index (χ4n) is 4.90. The Labute approximate surface area is 231 Å². The van der Waals surface area contributed by atoms with E-state index in [4.69, 9.17) is 4.74 Å². The van der Waals surface area contributed by atoms with Crippen LogP contribution in [-0.4, -0.2) is 42.3 Å². The summed E-state index contributed by atoms with van der Waals surface area (Å²) in [5, 5.41) is 0. The number of aromatic nitrogens is 2. The van der Waals surface area contributed by atoms with E-state index >= 15 is 0 Å². The second-order valence-corrected chi connectivity index (χ2v) is 11.3. The van der Waals surface area contributed by atoms with E-state index in [0.29, 0.717) is 17.8 Å². The second kappa shape index (κ2) is 10.5. The third-order valence-electron chi connectivity index (χ3n) is 6.97. The molecule has 0 saturated heterocycles. The molecule has 11 heteroatoms. The van der Waals surface area contributed by atoms with Gasteiger partial charge in [0.2, 0.25) is 0 Å². The van der Waals surface area contributed by atoms with Gasteiger partial charge >= 0.3 is 5.97 Å². The highest BCUT2D eigenvalue weighted by Gasteiger charge is 2.31. The fourth-order valence-corrected chi connectivity index (χ4v) is 6.06. The Morgan fingerprint density at radius 1 is 1.00 bits per heavy atom. The van der Waals surface area contributed by atoms with Crippen LogP contribution in [0, 0.1) is 6.92 Å². The molecular formula is C29H28N4O6S. The number of ether oxygens (including phenoxy) is 1. The van der Waals surface area contributed by atoms with Gasteiger partial charge in [0, 0.05) is 18.8 Å². The molecule has 0 bridgehead atoms. The van der Waals surface area contributed by atoms with Crippen LogP contribution in [0.3, 0.4) is 0 Å². The van der Waals surface area contributed by atoms with Crippen molar-refractivity contribution in [1.29, 1.82) is 0 Å². The molecule has 4 aromatic rings. The number of sulfonamides is 1. The summed E-state index contributed by atoms with van der Waals surface area (Å²) in [6.45, 7) is 3.06. The molecular weight excluding hydrogens is 532 g/mol. The van der Waals surface area contributed by atoms with E-state index in [2.05, 4.69) is 4.72 Å². The third-order valence-corrected chi connectivity index (χ3v) is 8.32. The van der Waals surface area contributed by atoms with Gasteiger partial charge in [-0.25, -0.2) is 17.9 Å². The zero-order chi connectivity index (χ0) is 28.6. The van der Waals surface area contributed by atoms with E-state index < -0.39 is 28.2 Å². The topological polar surface area (TPSA) is 120 Å². The van der Waals surface area contributed by atoms with Crippen molar-refractivity contribution in [1.82, 2.24) is 9.36 Å². The SMILES string of the molecule is Cc1c(NS(=O)(=O)c2cccc(C(=O)OCC(=O)N3c4ccccc4CC3C)c2)c(=O)n(-c2ccccc2)n1C. The van der Waals surface area contributed by atoms with E-state index in [1.54, 1.807) is 47.8 Å². The summed E-state index contributed by atoms with van der Waals surface area (Å²) in [5.74, 6) is -1.21. The zero-order valence-corrected chi connectivity index (χ0v) is 23.0. The van der Waals surface area contributed by atoms with Crippen molar-refractivity contribution in [2.45, 2.75) is 31.2 Å². The second-order valence-electron chi connectivity index (χ2n) is 9.59. The first-order valence-corrected chi connectivity index (χ1v) is 14.1. The van der Waals surface area contributed by atoms with Crippen LogP contribution in [0.4, 0.5) is 11.4 Å². The minimum atomic E-state index is -4.24. The monoisotopic (exact) mass is 560 g/mol. The van der Waals surface area contributed by atoms with E-state index in [1.165, 1.54) is 22.9 Å². The molecule has 0 radical (unpaired) electrons. The molecule has 5 rings (SSSR count). The predicted octanol–water partition coefficient (Wildman–Crippen LogP) is 3.42. The van der Waals surface area contributed by atoms with Gasteiger partial charge in [0.1, 0.15) is 5.69 Å². The Kier molecular flexibility index (Phi) is 7.07. The largest absolute Gasteiger partial charge is 0.452 e. The van der Waals surface area contributed by atoms with Gasteiger partial charge in [0.25, 0.3) is 21.5 Å². The predicted molar refractivity (Wildman–Crippen MR) is 150 cm³/mol. The van der Waals surface area contributed by atoms with Crippen LogP contribution in [0.1, 0.15) is 28.5 Å². The number of benzene rings is 3. The molecule has 1 N–H and O–H groups in total. The number of carbonyl (C=O) groups is 2. The average molecular weight is 561 g/mol. The Hall–Kier alpha value is -4.64. The summed E-state index contributed by atoms with van der Waals surface area (Å²) in [4.78, 5) is 40.2. The molecule has 0 aliphatic carbocycles. The van der Waals surface area contributed by atoms with Crippen LogP contribution in [0.5, 0.6) is 0 Å². The lowest BCUT2D eigenvalue weighted by atomic mass is 10.1. The van der Waals surface area contributed by atoms with Gasteiger partial charge in [-0.15, -0.1) is 0 Å². The maximum atomic E-state index is 13.2. The standard InChI is InChI=1S/C29H28N4O6S/c1-19-16-21-10-7-8-15-25(21)32(19)26(34)18-39-29(36)22-11-9-14-24(17-22)40(37,38)30-27-20(2)31(3)33(28(27)35)23-12-5-4-6-13-23/h4-15,17,19,30H,16,18H2,1-3H3. The summed E-state index contributed by atoms with van der Waals surface area (Å²) in [6, 6.07) is 21.6. The minimum absolute atomic E-state index is 0.0444. The quantitative estimate of drug-likeness (QED) is 0.346. The molecule has 0 spiro atoms. The highest BCUT2D eigenvalue weighted by molar-refractivity contribution is 7.92. The van der Waals surface area contributed by atoms with E-state index in [1.807, 2.05) is 37.3 Å². The molecule has 1 aliphatic rings. The van der Waals surface area contributed by atoms with Crippen molar-refractivity contribution < 1.29 is 22.7 Å². The number of rotatable bonds is 7. The molecule has 1 amide bonds. The molecule has 0 fully saturated rings. The van der Waals surface area contributed by atoms with Gasteiger partial charge in [-0.05, 0) is 62.2 Å². The molecule has 1 unspecified atom stereocenters. The number of fused-ring (bicyclic) bond motifs is 1. The molecule has 2 heterocycles. The maximum absolute atomic E-state index is 13.2. The Morgan fingerprint density at radius 2 is 1.70 bits per heavy atom. The van der Waals surface area contributed by atoms with Crippen LogP contribution in [0.15, 0.2) is 88.6 Å². The first-order chi connectivity index (χ1) is 19.1. The number of hydrogen-bond donors (Lipinski definition) is 1. The molecule has 1 aliphatic heterocycles.